The largest absolute Gasteiger partial charge is 0.302 e. The molecule has 0 aliphatic carbocycles. The van der Waals surface area contributed by atoms with Gasteiger partial charge in [0.2, 0.25) is 0 Å². The van der Waals surface area contributed by atoms with Crippen molar-refractivity contribution in [2.75, 3.05) is 20.1 Å². The van der Waals surface area contributed by atoms with E-state index in [1.807, 2.05) is 18.2 Å². The van der Waals surface area contributed by atoms with Crippen LogP contribution in [-0.2, 0) is 4.79 Å². The molecule has 1 aliphatic heterocycles. The highest BCUT2D eigenvalue weighted by atomic mass is 16.1. The second-order valence-electron chi connectivity index (χ2n) is 5.15. The molecule has 1 fully saturated rings. The van der Waals surface area contributed by atoms with Gasteiger partial charge < -0.3 is 4.90 Å². The standard InChI is InChI=1S/C17H17NO/c1-18-10-9-17(19)15(12-18)11-14-7-4-6-13-5-2-3-8-16(13)14/h2-8,11H,9-10,12H2,1H3/b15-11+. The number of likely N-dealkylation sites (tertiary alicyclic amines) is 1. The van der Waals surface area contributed by atoms with E-state index in [1.54, 1.807) is 0 Å². The van der Waals surface area contributed by atoms with Gasteiger partial charge in [0.05, 0.1) is 0 Å². The average Bonchev–Trinajstić information content (AvgIpc) is 2.43. The summed E-state index contributed by atoms with van der Waals surface area (Å²) in [5, 5.41) is 2.42. The van der Waals surface area contributed by atoms with Crippen LogP contribution in [0.5, 0.6) is 0 Å². The van der Waals surface area contributed by atoms with Crippen LogP contribution in [0, 0.1) is 0 Å². The molecule has 1 saturated heterocycles. The van der Waals surface area contributed by atoms with Crippen molar-refractivity contribution in [2.24, 2.45) is 0 Å². The maximum Gasteiger partial charge on any atom is 0.161 e. The van der Waals surface area contributed by atoms with E-state index in [-0.39, 0.29) is 5.78 Å². The van der Waals surface area contributed by atoms with Gasteiger partial charge in [0.25, 0.3) is 0 Å². The van der Waals surface area contributed by atoms with Crippen LogP contribution in [0.25, 0.3) is 16.8 Å². The highest BCUT2D eigenvalue weighted by Crippen LogP contribution is 2.22. The molecule has 0 amide bonds. The zero-order valence-electron chi connectivity index (χ0n) is 11.1. The Morgan fingerprint density at radius 3 is 2.79 bits per heavy atom. The number of ketones is 1. The third-order valence-corrected chi connectivity index (χ3v) is 3.67. The van der Waals surface area contributed by atoms with Gasteiger partial charge in [0.1, 0.15) is 0 Å². The minimum absolute atomic E-state index is 0.283. The van der Waals surface area contributed by atoms with Gasteiger partial charge in [0.15, 0.2) is 5.78 Å². The Bertz CT molecular complexity index is 652. The topological polar surface area (TPSA) is 20.3 Å². The molecule has 0 radical (unpaired) electrons. The monoisotopic (exact) mass is 251 g/mol. The Balaban J connectivity index is 2.07. The fourth-order valence-electron chi connectivity index (χ4n) is 2.60. The van der Waals surface area contributed by atoms with Gasteiger partial charge in [0, 0.05) is 25.1 Å². The molecule has 0 atom stereocenters. The van der Waals surface area contributed by atoms with E-state index in [9.17, 15) is 4.79 Å². The number of hydrogen-bond donors (Lipinski definition) is 0. The van der Waals surface area contributed by atoms with E-state index in [4.69, 9.17) is 0 Å². The molecule has 2 heteroatoms. The van der Waals surface area contributed by atoms with Gasteiger partial charge in [-0.3, -0.25) is 4.79 Å². The van der Waals surface area contributed by atoms with E-state index in [0.29, 0.717) is 6.42 Å². The number of likely N-dealkylation sites (N-methyl/N-ethyl adjacent to an activating group) is 1. The van der Waals surface area contributed by atoms with Gasteiger partial charge >= 0.3 is 0 Å². The minimum Gasteiger partial charge on any atom is -0.302 e. The fraction of sp³-hybridized carbons (Fsp3) is 0.235. The fourth-order valence-corrected chi connectivity index (χ4v) is 2.60. The molecule has 2 nitrogen and oxygen atoms in total. The second-order valence-corrected chi connectivity index (χ2v) is 5.15. The first-order chi connectivity index (χ1) is 9.24. The molecule has 2 aromatic rings. The third kappa shape index (κ3) is 2.45. The maximum atomic E-state index is 12.0. The Hall–Kier alpha value is -1.93. The van der Waals surface area contributed by atoms with Crippen LogP contribution in [0.15, 0.2) is 48.0 Å². The number of Topliss-reactive ketones (excluding diaryl/α,β-unsaturated/α-hetero) is 1. The lowest BCUT2D eigenvalue weighted by molar-refractivity contribution is -0.117. The van der Waals surface area contributed by atoms with Gasteiger partial charge in [-0.1, -0.05) is 42.5 Å². The SMILES string of the molecule is CN1CCC(=O)/C(=C/c2cccc3ccccc23)C1. The average molecular weight is 251 g/mol. The summed E-state index contributed by atoms with van der Waals surface area (Å²) in [6, 6.07) is 14.5. The predicted molar refractivity (Wildman–Crippen MR) is 79.0 cm³/mol. The molecule has 0 unspecified atom stereocenters. The van der Waals surface area contributed by atoms with Crippen molar-refractivity contribution in [3.8, 4) is 0 Å². The van der Waals surface area contributed by atoms with E-state index >= 15 is 0 Å². The van der Waals surface area contributed by atoms with E-state index in [1.165, 1.54) is 10.8 Å². The molecular weight excluding hydrogens is 234 g/mol. The molecule has 0 bridgehead atoms. The predicted octanol–water partition coefficient (Wildman–Crippen LogP) is 3.13. The molecule has 19 heavy (non-hydrogen) atoms. The number of fused-ring (bicyclic) bond motifs is 1. The summed E-state index contributed by atoms with van der Waals surface area (Å²) < 4.78 is 0. The normalized spacial score (nSPS) is 19.2. The minimum atomic E-state index is 0.283. The van der Waals surface area contributed by atoms with Gasteiger partial charge in [-0.15, -0.1) is 0 Å². The summed E-state index contributed by atoms with van der Waals surface area (Å²) in [6.07, 6.45) is 2.69. The van der Waals surface area contributed by atoms with Gasteiger partial charge in [-0.2, -0.15) is 0 Å². The molecule has 2 aromatic carbocycles. The highest BCUT2D eigenvalue weighted by Gasteiger charge is 2.18. The van der Waals surface area contributed by atoms with Crippen molar-refractivity contribution in [3.63, 3.8) is 0 Å². The smallest absolute Gasteiger partial charge is 0.161 e. The number of hydrogen-bond acceptors (Lipinski definition) is 2. The van der Waals surface area contributed by atoms with Crippen molar-refractivity contribution in [1.29, 1.82) is 0 Å². The van der Waals surface area contributed by atoms with Crippen LogP contribution >= 0.6 is 0 Å². The molecular formula is C17H17NO. The summed E-state index contributed by atoms with van der Waals surface area (Å²) in [4.78, 5) is 14.2. The van der Waals surface area contributed by atoms with Crippen molar-refractivity contribution < 1.29 is 4.79 Å². The van der Waals surface area contributed by atoms with Crippen LogP contribution in [-0.4, -0.2) is 30.8 Å². The Kier molecular flexibility index (Phi) is 3.18. The molecule has 1 heterocycles. The summed E-state index contributed by atoms with van der Waals surface area (Å²) in [7, 11) is 2.06. The number of benzene rings is 2. The molecule has 3 rings (SSSR count). The van der Waals surface area contributed by atoms with Crippen LogP contribution in [0.4, 0.5) is 0 Å². The first-order valence-electron chi connectivity index (χ1n) is 6.64. The first kappa shape index (κ1) is 12.1. The molecule has 0 spiro atoms. The van der Waals surface area contributed by atoms with Gasteiger partial charge in [-0.25, -0.2) is 0 Å². The third-order valence-electron chi connectivity index (χ3n) is 3.67. The summed E-state index contributed by atoms with van der Waals surface area (Å²) in [6.45, 7) is 1.62. The summed E-state index contributed by atoms with van der Waals surface area (Å²) in [5.74, 6) is 0.283. The molecule has 0 aromatic heterocycles. The van der Waals surface area contributed by atoms with Crippen LogP contribution in [0.3, 0.4) is 0 Å². The number of rotatable bonds is 1. The zero-order valence-corrected chi connectivity index (χ0v) is 11.1. The number of carbonyl (C=O) groups is 1. The maximum absolute atomic E-state index is 12.0. The van der Waals surface area contributed by atoms with Gasteiger partial charge in [-0.05, 0) is 29.5 Å². The molecule has 0 saturated carbocycles. The second kappa shape index (κ2) is 4.98. The first-order valence-corrected chi connectivity index (χ1v) is 6.64. The number of carbonyl (C=O) groups excluding carboxylic acids is 1. The number of nitrogens with zero attached hydrogens (tertiary/aromatic N) is 1. The lowest BCUT2D eigenvalue weighted by Crippen LogP contribution is -2.32. The molecule has 0 N–H and O–H groups in total. The Labute approximate surface area is 113 Å². The van der Waals surface area contributed by atoms with Crippen molar-refractivity contribution in [2.45, 2.75) is 6.42 Å². The lowest BCUT2D eigenvalue weighted by atomic mass is 9.98. The van der Waals surface area contributed by atoms with E-state index in [2.05, 4.69) is 42.3 Å². The molecule has 1 aliphatic rings. The van der Waals surface area contributed by atoms with Crippen LogP contribution in [0.1, 0.15) is 12.0 Å². The van der Waals surface area contributed by atoms with Crippen LogP contribution in [0.2, 0.25) is 0 Å². The van der Waals surface area contributed by atoms with Crippen molar-refractivity contribution in [1.82, 2.24) is 4.90 Å². The van der Waals surface area contributed by atoms with E-state index in [0.717, 1.165) is 24.2 Å². The quantitative estimate of drug-likeness (QED) is 0.726. The zero-order chi connectivity index (χ0) is 13.2. The summed E-state index contributed by atoms with van der Waals surface area (Å²) in [5.41, 5.74) is 2.06. The lowest BCUT2D eigenvalue weighted by Gasteiger charge is -2.23. The molecule has 96 valence electrons. The Morgan fingerprint density at radius 1 is 1.11 bits per heavy atom. The van der Waals surface area contributed by atoms with Crippen molar-refractivity contribution in [3.05, 3.63) is 53.6 Å². The Morgan fingerprint density at radius 2 is 1.89 bits per heavy atom. The van der Waals surface area contributed by atoms with Crippen LogP contribution < -0.4 is 0 Å². The van der Waals surface area contributed by atoms with E-state index < -0.39 is 0 Å². The summed E-state index contributed by atoms with van der Waals surface area (Å²) >= 11 is 0. The number of piperidine rings is 1. The van der Waals surface area contributed by atoms with Crippen molar-refractivity contribution >= 4 is 22.6 Å². The highest BCUT2D eigenvalue weighted by molar-refractivity contribution is 6.03.